The normalized spacial score (nSPS) is 13.7. The van der Waals surface area contributed by atoms with Gasteiger partial charge in [0.05, 0.1) is 6.04 Å². The number of carboxylic acids is 1. The molecule has 0 aliphatic heterocycles. The minimum Gasteiger partial charge on any atom is -0.481 e. The summed E-state index contributed by atoms with van der Waals surface area (Å²) in [6.45, 7) is 3.54. The molecule has 0 heterocycles. The number of Topliss-reactive ketones (excluding diaryl/α,β-unsaturated/α-hetero) is 1. The van der Waals surface area contributed by atoms with Crippen LogP contribution >= 0.6 is 0 Å². The van der Waals surface area contributed by atoms with E-state index in [4.69, 9.17) is 10.8 Å². The smallest absolute Gasteiger partial charge is 0.303 e. The summed E-state index contributed by atoms with van der Waals surface area (Å²) in [5, 5.41) is 11.2. The maximum Gasteiger partial charge on any atom is 0.303 e. The summed E-state index contributed by atoms with van der Waals surface area (Å²) < 4.78 is 0. The molecule has 0 spiro atoms. The Bertz CT molecular complexity index is 304. The summed E-state index contributed by atoms with van der Waals surface area (Å²) in [5.41, 5.74) is 5.36. The second-order valence-electron chi connectivity index (χ2n) is 4.44. The molecule has 0 bridgehead atoms. The highest BCUT2D eigenvalue weighted by atomic mass is 16.4. The molecule has 0 aliphatic carbocycles. The molecule has 1 amide bonds. The van der Waals surface area contributed by atoms with E-state index in [0.717, 1.165) is 0 Å². The van der Waals surface area contributed by atoms with Crippen molar-refractivity contribution in [3.63, 3.8) is 0 Å². The third-order valence-electron chi connectivity index (χ3n) is 2.74. The SMILES string of the molecule is CC(=O)[C@H](CCCN)NC(=O)[C@@H](C)CCC(=O)O. The summed E-state index contributed by atoms with van der Waals surface area (Å²) in [6.07, 6.45) is 1.39. The molecule has 0 aliphatic rings. The van der Waals surface area contributed by atoms with Gasteiger partial charge in [-0.25, -0.2) is 0 Å². The van der Waals surface area contributed by atoms with Gasteiger partial charge in [-0.1, -0.05) is 6.92 Å². The average molecular weight is 258 g/mol. The number of hydrogen-bond donors (Lipinski definition) is 3. The van der Waals surface area contributed by atoms with Crippen molar-refractivity contribution in [3.8, 4) is 0 Å². The molecule has 0 fully saturated rings. The minimum atomic E-state index is -0.930. The zero-order valence-corrected chi connectivity index (χ0v) is 10.9. The number of nitrogens with two attached hydrogens (primary N) is 1. The van der Waals surface area contributed by atoms with E-state index in [1.54, 1.807) is 6.92 Å². The van der Waals surface area contributed by atoms with Gasteiger partial charge in [-0.2, -0.15) is 0 Å². The predicted octanol–water partition coefficient (Wildman–Crippen LogP) is 0.300. The third kappa shape index (κ3) is 7.01. The van der Waals surface area contributed by atoms with E-state index in [9.17, 15) is 14.4 Å². The molecular formula is C12H22N2O4. The fourth-order valence-corrected chi connectivity index (χ4v) is 1.48. The van der Waals surface area contributed by atoms with Crippen molar-refractivity contribution in [2.75, 3.05) is 6.54 Å². The predicted molar refractivity (Wildman–Crippen MR) is 66.9 cm³/mol. The number of hydrogen-bond acceptors (Lipinski definition) is 4. The van der Waals surface area contributed by atoms with Crippen molar-refractivity contribution >= 4 is 17.7 Å². The highest BCUT2D eigenvalue weighted by Crippen LogP contribution is 2.07. The second-order valence-corrected chi connectivity index (χ2v) is 4.44. The van der Waals surface area contributed by atoms with Crippen LogP contribution in [0.25, 0.3) is 0 Å². The van der Waals surface area contributed by atoms with Gasteiger partial charge < -0.3 is 16.2 Å². The van der Waals surface area contributed by atoms with E-state index in [0.29, 0.717) is 19.4 Å². The monoisotopic (exact) mass is 258 g/mol. The molecule has 0 rings (SSSR count). The first-order chi connectivity index (χ1) is 8.38. The van der Waals surface area contributed by atoms with Crippen molar-refractivity contribution in [1.29, 1.82) is 0 Å². The third-order valence-corrected chi connectivity index (χ3v) is 2.74. The fourth-order valence-electron chi connectivity index (χ4n) is 1.48. The molecule has 4 N–H and O–H groups in total. The van der Waals surface area contributed by atoms with Crippen LogP contribution in [0.3, 0.4) is 0 Å². The summed E-state index contributed by atoms with van der Waals surface area (Å²) in [5.74, 6) is -1.74. The van der Waals surface area contributed by atoms with Crippen molar-refractivity contribution < 1.29 is 19.5 Å². The Hall–Kier alpha value is -1.43. The van der Waals surface area contributed by atoms with Gasteiger partial charge in [0.15, 0.2) is 5.78 Å². The van der Waals surface area contributed by atoms with E-state index >= 15 is 0 Å². The summed E-state index contributed by atoms with van der Waals surface area (Å²) in [6, 6.07) is -0.520. The average Bonchev–Trinajstić information content (AvgIpc) is 2.30. The Morgan fingerprint density at radius 1 is 1.28 bits per heavy atom. The number of carboxylic acid groups (broad SMARTS) is 1. The van der Waals surface area contributed by atoms with Crippen LogP contribution in [0.5, 0.6) is 0 Å². The number of ketones is 1. The molecule has 0 saturated heterocycles. The fraction of sp³-hybridized carbons (Fsp3) is 0.750. The highest BCUT2D eigenvalue weighted by Gasteiger charge is 2.20. The van der Waals surface area contributed by atoms with E-state index in [1.807, 2.05) is 0 Å². The lowest BCUT2D eigenvalue weighted by atomic mass is 10.0. The van der Waals surface area contributed by atoms with Crippen LogP contribution in [0.1, 0.15) is 39.5 Å². The van der Waals surface area contributed by atoms with E-state index in [-0.39, 0.29) is 24.5 Å². The maximum absolute atomic E-state index is 11.7. The molecule has 2 atom stereocenters. The molecule has 6 nitrogen and oxygen atoms in total. The van der Waals surface area contributed by atoms with Crippen molar-refractivity contribution in [2.24, 2.45) is 11.7 Å². The number of nitrogens with one attached hydrogen (secondary N) is 1. The van der Waals surface area contributed by atoms with Crippen LogP contribution in [-0.2, 0) is 14.4 Å². The van der Waals surface area contributed by atoms with Gasteiger partial charge in [0.1, 0.15) is 0 Å². The Morgan fingerprint density at radius 3 is 2.33 bits per heavy atom. The van der Waals surface area contributed by atoms with Crippen LogP contribution in [0.15, 0.2) is 0 Å². The Balaban J connectivity index is 4.22. The van der Waals surface area contributed by atoms with Crippen LogP contribution in [0.4, 0.5) is 0 Å². The maximum atomic E-state index is 11.7. The lowest BCUT2D eigenvalue weighted by molar-refractivity contribution is -0.137. The quantitative estimate of drug-likeness (QED) is 0.551. The van der Waals surface area contributed by atoms with Crippen LogP contribution < -0.4 is 11.1 Å². The topological polar surface area (TPSA) is 109 Å². The van der Waals surface area contributed by atoms with Crippen molar-refractivity contribution in [2.45, 2.75) is 45.6 Å². The number of rotatable bonds is 9. The second kappa shape index (κ2) is 8.63. The summed E-state index contributed by atoms with van der Waals surface area (Å²) >= 11 is 0. The zero-order chi connectivity index (χ0) is 14.1. The summed E-state index contributed by atoms with van der Waals surface area (Å²) in [4.78, 5) is 33.5. The first kappa shape index (κ1) is 16.6. The van der Waals surface area contributed by atoms with Gasteiger partial charge >= 0.3 is 5.97 Å². The van der Waals surface area contributed by atoms with Gasteiger partial charge in [-0.3, -0.25) is 14.4 Å². The zero-order valence-electron chi connectivity index (χ0n) is 10.9. The van der Waals surface area contributed by atoms with Crippen LogP contribution in [0, 0.1) is 5.92 Å². The molecule has 18 heavy (non-hydrogen) atoms. The summed E-state index contributed by atoms with van der Waals surface area (Å²) in [7, 11) is 0. The van der Waals surface area contributed by atoms with Gasteiger partial charge in [-0.05, 0) is 32.7 Å². The molecule has 104 valence electrons. The van der Waals surface area contributed by atoms with Gasteiger partial charge in [0.2, 0.25) is 5.91 Å². The van der Waals surface area contributed by atoms with E-state index < -0.39 is 17.9 Å². The van der Waals surface area contributed by atoms with E-state index in [2.05, 4.69) is 5.32 Å². The van der Waals surface area contributed by atoms with Crippen LogP contribution in [0.2, 0.25) is 0 Å². The largest absolute Gasteiger partial charge is 0.481 e. The lowest BCUT2D eigenvalue weighted by Crippen LogP contribution is -2.42. The number of aliphatic carboxylic acids is 1. The first-order valence-corrected chi connectivity index (χ1v) is 6.11. The van der Waals surface area contributed by atoms with Crippen LogP contribution in [-0.4, -0.2) is 35.4 Å². The number of carbonyl (C=O) groups is 3. The number of amides is 1. The Morgan fingerprint density at radius 2 is 1.89 bits per heavy atom. The molecule has 0 radical (unpaired) electrons. The van der Waals surface area contributed by atoms with Crippen molar-refractivity contribution in [1.82, 2.24) is 5.32 Å². The molecule has 6 heteroatoms. The molecule has 0 aromatic carbocycles. The van der Waals surface area contributed by atoms with Gasteiger partial charge in [0, 0.05) is 12.3 Å². The molecule has 0 aromatic heterocycles. The standard InChI is InChI=1S/C12H22N2O4/c1-8(5-6-11(16)17)12(18)14-10(9(2)15)4-3-7-13/h8,10H,3-7,13H2,1-2H3,(H,14,18)(H,16,17)/t8-,10-/m0/s1. The van der Waals surface area contributed by atoms with Gasteiger partial charge in [0.25, 0.3) is 0 Å². The van der Waals surface area contributed by atoms with E-state index in [1.165, 1.54) is 6.92 Å². The van der Waals surface area contributed by atoms with Crippen molar-refractivity contribution in [3.05, 3.63) is 0 Å². The number of carbonyl (C=O) groups excluding carboxylic acids is 2. The first-order valence-electron chi connectivity index (χ1n) is 6.11. The molecule has 0 saturated carbocycles. The Kier molecular flexibility index (Phi) is 7.94. The molecule has 0 unspecified atom stereocenters. The van der Waals surface area contributed by atoms with Gasteiger partial charge in [-0.15, -0.1) is 0 Å². The highest BCUT2D eigenvalue weighted by molar-refractivity contribution is 5.88. The molecular weight excluding hydrogens is 236 g/mol. The minimum absolute atomic E-state index is 0.0534. The Labute approximate surface area is 107 Å². The lowest BCUT2D eigenvalue weighted by Gasteiger charge is -2.18. The molecule has 0 aromatic rings.